The van der Waals surface area contributed by atoms with E-state index in [-0.39, 0.29) is 11.9 Å². The number of nitrogens with one attached hydrogen (secondary N) is 2. The lowest BCUT2D eigenvalue weighted by atomic mass is 10.0. The van der Waals surface area contributed by atoms with E-state index >= 15 is 0 Å². The van der Waals surface area contributed by atoms with Crippen LogP contribution < -0.4 is 20.1 Å². The number of ether oxygens (including phenoxy) is 2. The Balaban J connectivity index is 2.82. The van der Waals surface area contributed by atoms with Gasteiger partial charge in [0.15, 0.2) is 11.5 Å². The summed E-state index contributed by atoms with van der Waals surface area (Å²) in [6.45, 7) is 4.75. The number of benzene rings is 1. The molecule has 1 atom stereocenters. The third-order valence-electron chi connectivity index (χ3n) is 3.29. The van der Waals surface area contributed by atoms with Crippen LogP contribution in [0.3, 0.4) is 0 Å². The second-order valence-corrected chi connectivity index (χ2v) is 5.33. The minimum absolute atomic E-state index is 0.00515. The van der Waals surface area contributed by atoms with Crippen molar-refractivity contribution >= 4 is 5.91 Å². The minimum Gasteiger partial charge on any atom is -0.493 e. The maximum absolute atomic E-state index is 11.9. The zero-order valence-corrected chi connectivity index (χ0v) is 13.5. The monoisotopic (exact) mass is 294 g/mol. The Hall–Kier alpha value is -1.75. The summed E-state index contributed by atoms with van der Waals surface area (Å²) < 4.78 is 10.7. The van der Waals surface area contributed by atoms with Gasteiger partial charge in [0.05, 0.1) is 20.3 Å². The molecule has 1 unspecified atom stereocenters. The van der Waals surface area contributed by atoms with Crippen molar-refractivity contribution in [1.29, 1.82) is 0 Å². The van der Waals surface area contributed by atoms with Crippen molar-refractivity contribution in [3.63, 3.8) is 0 Å². The molecule has 1 rings (SSSR count). The number of likely N-dealkylation sites (N-methyl/N-ethyl adjacent to an activating group) is 1. The van der Waals surface area contributed by atoms with E-state index in [0.29, 0.717) is 24.0 Å². The van der Waals surface area contributed by atoms with Crippen molar-refractivity contribution in [1.82, 2.24) is 10.6 Å². The second-order valence-electron chi connectivity index (χ2n) is 5.33. The Morgan fingerprint density at radius 1 is 1.24 bits per heavy atom. The van der Waals surface area contributed by atoms with Gasteiger partial charge in [-0.15, -0.1) is 0 Å². The molecule has 0 bridgehead atoms. The molecule has 0 radical (unpaired) electrons. The molecule has 1 aromatic carbocycles. The number of methoxy groups -OCH3 is 2. The first-order valence-electron chi connectivity index (χ1n) is 7.18. The van der Waals surface area contributed by atoms with Crippen LogP contribution in [0.1, 0.15) is 25.8 Å². The van der Waals surface area contributed by atoms with E-state index in [1.165, 1.54) is 0 Å². The number of carbonyl (C=O) groups excluding carboxylic acids is 1. The summed E-state index contributed by atoms with van der Waals surface area (Å²) in [6.07, 6.45) is 0.784. The van der Waals surface area contributed by atoms with Crippen LogP contribution >= 0.6 is 0 Å². The van der Waals surface area contributed by atoms with E-state index < -0.39 is 0 Å². The molecule has 1 aromatic rings. The van der Waals surface area contributed by atoms with Crippen molar-refractivity contribution in [2.24, 2.45) is 5.92 Å². The fourth-order valence-corrected chi connectivity index (χ4v) is 2.25. The molecule has 1 amide bonds. The average molecular weight is 294 g/mol. The molecule has 5 nitrogen and oxygen atoms in total. The molecule has 0 aliphatic carbocycles. The maximum Gasteiger partial charge on any atom is 0.236 e. The molecule has 0 saturated carbocycles. The number of rotatable bonds is 8. The summed E-state index contributed by atoms with van der Waals surface area (Å²) in [5, 5.41) is 6.00. The Labute approximate surface area is 127 Å². The number of hydrogen-bond donors (Lipinski definition) is 2. The molecule has 0 aromatic heterocycles. The van der Waals surface area contributed by atoms with Gasteiger partial charge in [-0.25, -0.2) is 0 Å². The van der Waals surface area contributed by atoms with Gasteiger partial charge in [0.25, 0.3) is 0 Å². The molecule has 0 heterocycles. The van der Waals surface area contributed by atoms with Gasteiger partial charge in [-0.3, -0.25) is 4.79 Å². The zero-order valence-electron chi connectivity index (χ0n) is 13.5. The van der Waals surface area contributed by atoms with Gasteiger partial charge >= 0.3 is 0 Å². The van der Waals surface area contributed by atoms with Crippen LogP contribution in [0.15, 0.2) is 18.2 Å². The quantitative estimate of drug-likeness (QED) is 0.769. The first kappa shape index (κ1) is 17.3. The van der Waals surface area contributed by atoms with E-state index in [1.54, 1.807) is 21.3 Å². The Morgan fingerprint density at radius 3 is 2.48 bits per heavy atom. The standard InChI is InChI=1S/C16H26N2O3/c1-11(2)9-13(16(19)17-3)18-10-12-7-6-8-14(20-4)15(12)21-5/h6-8,11,13,18H,9-10H2,1-5H3,(H,17,19). The first-order valence-corrected chi connectivity index (χ1v) is 7.18. The minimum atomic E-state index is -0.217. The molecule has 0 fully saturated rings. The molecule has 21 heavy (non-hydrogen) atoms. The summed E-state index contributed by atoms with van der Waals surface area (Å²) >= 11 is 0. The van der Waals surface area contributed by atoms with Crippen molar-refractivity contribution in [3.8, 4) is 11.5 Å². The molecule has 2 N–H and O–H groups in total. The van der Waals surface area contributed by atoms with Gasteiger partial charge in [-0.2, -0.15) is 0 Å². The molecular weight excluding hydrogens is 268 g/mol. The highest BCUT2D eigenvalue weighted by atomic mass is 16.5. The lowest BCUT2D eigenvalue weighted by Gasteiger charge is -2.20. The largest absolute Gasteiger partial charge is 0.493 e. The van der Waals surface area contributed by atoms with Gasteiger partial charge < -0.3 is 20.1 Å². The number of hydrogen-bond acceptors (Lipinski definition) is 4. The molecule has 0 aliphatic heterocycles. The van der Waals surface area contributed by atoms with Gasteiger partial charge in [0.2, 0.25) is 5.91 Å². The average Bonchev–Trinajstić information content (AvgIpc) is 2.49. The molecule has 0 spiro atoms. The highest BCUT2D eigenvalue weighted by Gasteiger charge is 2.19. The van der Waals surface area contributed by atoms with Crippen LogP contribution in [0.2, 0.25) is 0 Å². The van der Waals surface area contributed by atoms with Crippen molar-refractivity contribution in [3.05, 3.63) is 23.8 Å². The van der Waals surface area contributed by atoms with Gasteiger partial charge in [0, 0.05) is 19.2 Å². The summed E-state index contributed by atoms with van der Waals surface area (Å²) in [4.78, 5) is 11.9. The molecule has 118 valence electrons. The third kappa shape index (κ3) is 4.93. The summed E-state index contributed by atoms with van der Waals surface area (Å²) in [5.41, 5.74) is 0.967. The summed E-state index contributed by atoms with van der Waals surface area (Å²) in [6, 6.07) is 5.51. The summed E-state index contributed by atoms with van der Waals surface area (Å²) in [7, 11) is 4.89. The Kier molecular flexibility index (Phi) is 7.02. The molecule has 0 saturated heterocycles. The number of carbonyl (C=O) groups is 1. The SMILES string of the molecule is CNC(=O)C(CC(C)C)NCc1cccc(OC)c1OC. The predicted molar refractivity (Wildman–Crippen MR) is 83.7 cm³/mol. The highest BCUT2D eigenvalue weighted by molar-refractivity contribution is 5.81. The van der Waals surface area contributed by atoms with E-state index in [4.69, 9.17) is 9.47 Å². The van der Waals surface area contributed by atoms with Crippen LogP contribution in [0.25, 0.3) is 0 Å². The fourth-order valence-electron chi connectivity index (χ4n) is 2.25. The lowest BCUT2D eigenvalue weighted by Crippen LogP contribution is -2.43. The van der Waals surface area contributed by atoms with Gasteiger partial charge in [-0.1, -0.05) is 26.0 Å². The predicted octanol–water partition coefficient (Wildman–Crippen LogP) is 1.95. The highest BCUT2D eigenvalue weighted by Crippen LogP contribution is 2.30. The van der Waals surface area contributed by atoms with E-state index in [9.17, 15) is 4.79 Å². The van der Waals surface area contributed by atoms with E-state index in [2.05, 4.69) is 24.5 Å². The van der Waals surface area contributed by atoms with Crippen LogP contribution in [0.4, 0.5) is 0 Å². The van der Waals surface area contributed by atoms with Crippen molar-refractivity contribution in [2.75, 3.05) is 21.3 Å². The van der Waals surface area contributed by atoms with Crippen LogP contribution in [-0.2, 0) is 11.3 Å². The van der Waals surface area contributed by atoms with Crippen molar-refractivity contribution in [2.45, 2.75) is 32.9 Å². The zero-order chi connectivity index (χ0) is 15.8. The van der Waals surface area contributed by atoms with E-state index in [0.717, 1.165) is 12.0 Å². The molecule has 0 aliphatic rings. The number of para-hydroxylation sites is 1. The molecule has 5 heteroatoms. The number of amides is 1. The molecular formula is C16H26N2O3. The fraction of sp³-hybridized carbons (Fsp3) is 0.562. The van der Waals surface area contributed by atoms with Gasteiger partial charge in [-0.05, 0) is 18.4 Å². The third-order valence-corrected chi connectivity index (χ3v) is 3.29. The topological polar surface area (TPSA) is 59.6 Å². The Morgan fingerprint density at radius 2 is 1.95 bits per heavy atom. The first-order chi connectivity index (χ1) is 10.0. The maximum atomic E-state index is 11.9. The van der Waals surface area contributed by atoms with Crippen LogP contribution in [0, 0.1) is 5.92 Å². The summed E-state index contributed by atoms with van der Waals surface area (Å²) in [5.74, 6) is 1.84. The smallest absolute Gasteiger partial charge is 0.236 e. The normalized spacial score (nSPS) is 12.1. The second kappa shape index (κ2) is 8.52. The lowest BCUT2D eigenvalue weighted by molar-refractivity contribution is -0.123. The van der Waals surface area contributed by atoms with Gasteiger partial charge in [0.1, 0.15) is 0 Å². The van der Waals surface area contributed by atoms with E-state index in [1.807, 2.05) is 18.2 Å². The van der Waals surface area contributed by atoms with Crippen molar-refractivity contribution < 1.29 is 14.3 Å². The van der Waals surface area contributed by atoms with Crippen LogP contribution in [-0.4, -0.2) is 33.2 Å². The Bertz CT molecular complexity index is 461. The van der Waals surface area contributed by atoms with Crippen LogP contribution in [0.5, 0.6) is 11.5 Å².